The summed E-state index contributed by atoms with van der Waals surface area (Å²) in [6, 6.07) is 0.311. The molecule has 1 amide bonds. The highest BCUT2D eigenvalue weighted by atomic mass is 35.5. The van der Waals surface area contributed by atoms with Gasteiger partial charge in [0.05, 0.1) is 6.61 Å². The third-order valence-electron chi connectivity index (χ3n) is 8.60. The minimum absolute atomic E-state index is 0. The average Bonchev–Trinajstić information content (AvgIpc) is 3.14. The Balaban J connectivity index is 0.00000216. The van der Waals surface area contributed by atoms with E-state index in [0.29, 0.717) is 47.3 Å². The molecule has 1 saturated heterocycles. The van der Waals surface area contributed by atoms with Crippen LogP contribution in [0.5, 0.6) is 5.88 Å². The number of hydrogen-bond acceptors (Lipinski definition) is 6. The lowest BCUT2D eigenvalue weighted by atomic mass is 9.54. The maximum atomic E-state index is 13.3. The first-order valence-electron chi connectivity index (χ1n) is 12.5. The normalized spacial score (nSPS) is 34.1. The predicted octanol–water partition coefficient (Wildman–Crippen LogP) is 4.67. The van der Waals surface area contributed by atoms with Gasteiger partial charge in [0, 0.05) is 11.3 Å². The molecule has 0 aromatic carbocycles. The van der Waals surface area contributed by atoms with E-state index in [9.17, 15) is 4.79 Å². The lowest BCUT2D eigenvalue weighted by Gasteiger charge is -2.54. The summed E-state index contributed by atoms with van der Waals surface area (Å²) in [6.07, 6.45) is 12.5. The number of halogens is 1. The zero-order chi connectivity index (χ0) is 20.8. The lowest BCUT2D eigenvalue weighted by molar-refractivity contribution is -0.0124. The van der Waals surface area contributed by atoms with Crippen LogP contribution in [-0.4, -0.2) is 42.1 Å². The summed E-state index contributed by atoms with van der Waals surface area (Å²) in [6.45, 7) is 2.76. The third-order valence-corrected chi connectivity index (χ3v) is 10.0. The molecule has 1 aromatic heterocycles. The van der Waals surface area contributed by atoms with Gasteiger partial charge >= 0.3 is 0 Å². The molecule has 0 spiro atoms. The topological polar surface area (TPSA) is 76.4 Å². The fourth-order valence-electron chi connectivity index (χ4n) is 6.89. The summed E-state index contributed by atoms with van der Waals surface area (Å²) >= 11 is 1.74. The van der Waals surface area contributed by atoms with Crippen molar-refractivity contribution >= 4 is 30.1 Å². The van der Waals surface area contributed by atoms with Gasteiger partial charge in [0.15, 0.2) is 0 Å². The van der Waals surface area contributed by atoms with E-state index in [1.165, 1.54) is 51.4 Å². The van der Waals surface area contributed by atoms with Crippen LogP contribution in [0.2, 0.25) is 0 Å². The van der Waals surface area contributed by atoms with Gasteiger partial charge in [0.2, 0.25) is 5.76 Å². The quantitative estimate of drug-likeness (QED) is 0.589. The molecule has 8 heteroatoms. The molecule has 4 bridgehead atoms. The summed E-state index contributed by atoms with van der Waals surface area (Å²) in [4.78, 5) is 14.2. The molecule has 0 unspecified atom stereocenters. The summed E-state index contributed by atoms with van der Waals surface area (Å²) < 4.78 is 11.8. The van der Waals surface area contributed by atoms with Gasteiger partial charge in [-0.05, 0) is 106 Å². The molecule has 1 aromatic rings. The number of aromatic nitrogens is 1. The van der Waals surface area contributed by atoms with Crippen LogP contribution >= 0.6 is 24.2 Å². The molecular weight excluding hydrogens is 446 g/mol. The van der Waals surface area contributed by atoms with Crippen molar-refractivity contribution in [3.63, 3.8) is 0 Å². The van der Waals surface area contributed by atoms with Crippen molar-refractivity contribution in [3.8, 4) is 5.88 Å². The van der Waals surface area contributed by atoms with Crippen LogP contribution in [0.15, 0.2) is 9.42 Å². The fourth-order valence-corrected chi connectivity index (χ4v) is 8.22. The van der Waals surface area contributed by atoms with Gasteiger partial charge in [0.25, 0.3) is 11.8 Å². The second-order valence-electron chi connectivity index (χ2n) is 10.8. The van der Waals surface area contributed by atoms with E-state index in [0.717, 1.165) is 42.7 Å². The van der Waals surface area contributed by atoms with E-state index in [2.05, 4.69) is 15.8 Å². The number of amides is 1. The molecule has 0 atom stereocenters. The van der Waals surface area contributed by atoms with Gasteiger partial charge in [-0.15, -0.1) is 24.2 Å². The Hall–Kier alpha value is -0.920. The highest BCUT2D eigenvalue weighted by Gasteiger charge is 2.49. The Morgan fingerprint density at radius 2 is 1.75 bits per heavy atom. The highest BCUT2D eigenvalue weighted by Crippen LogP contribution is 2.54. The predicted molar refractivity (Wildman–Crippen MR) is 127 cm³/mol. The van der Waals surface area contributed by atoms with Gasteiger partial charge in [-0.2, -0.15) is 0 Å². The monoisotopic (exact) mass is 481 g/mol. The number of thioether (sulfide) groups is 1. The van der Waals surface area contributed by atoms with E-state index < -0.39 is 0 Å². The summed E-state index contributed by atoms with van der Waals surface area (Å²) in [5.41, 5.74) is 0. The molecule has 0 radical (unpaired) electrons. The Morgan fingerprint density at radius 3 is 2.38 bits per heavy atom. The second-order valence-corrected chi connectivity index (χ2v) is 12.1. The first kappa shape index (κ1) is 22.9. The van der Waals surface area contributed by atoms with Crippen molar-refractivity contribution in [2.24, 2.45) is 29.6 Å². The number of hydrogen-bond donors (Lipinski definition) is 2. The third kappa shape index (κ3) is 4.54. The molecular formula is C24H36ClN3O3S. The molecule has 2 heterocycles. The van der Waals surface area contributed by atoms with Crippen molar-refractivity contribution in [3.05, 3.63) is 5.76 Å². The van der Waals surface area contributed by atoms with Crippen LogP contribution in [-0.2, 0) is 0 Å². The molecule has 2 N–H and O–H groups in total. The number of piperidine rings is 1. The lowest BCUT2D eigenvalue weighted by Crippen LogP contribution is -2.55. The molecule has 32 heavy (non-hydrogen) atoms. The number of nitrogens with zero attached hydrogens (tertiary/aromatic N) is 1. The summed E-state index contributed by atoms with van der Waals surface area (Å²) in [7, 11) is 0. The van der Waals surface area contributed by atoms with E-state index in [4.69, 9.17) is 9.26 Å². The van der Waals surface area contributed by atoms with Gasteiger partial charge < -0.3 is 19.9 Å². The minimum Gasteiger partial charge on any atom is -0.474 e. The highest BCUT2D eigenvalue weighted by molar-refractivity contribution is 8.00. The first-order chi connectivity index (χ1) is 15.2. The summed E-state index contributed by atoms with van der Waals surface area (Å²) in [5.74, 6) is 4.49. The van der Waals surface area contributed by atoms with E-state index in [1.807, 2.05) is 0 Å². The maximum absolute atomic E-state index is 13.3. The molecule has 5 aliphatic carbocycles. The van der Waals surface area contributed by atoms with Crippen molar-refractivity contribution in [2.75, 3.05) is 19.7 Å². The van der Waals surface area contributed by atoms with Gasteiger partial charge in [-0.25, -0.2) is 0 Å². The van der Waals surface area contributed by atoms with Crippen LogP contribution in [0.4, 0.5) is 0 Å². The SMILES string of the molecule is Cl.O=C(NC1C2CC3CC(C2)CC1C3)c1onc(OCC2CCNCC2)c1SC1CCC1. The molecule has 7 rings (SSSR count). The molecule has 5 saturated carbocycles. The van der Waals surface area contributed by atoms with E-state index in [-0.39, 0.29) is 18.3 Å². The zero-order valence-corrected chi connectivity index (χ0v) is 20.4. The Kier molecular flexibility index (Phi) is 6.96. The molecule has 6 nitrogen and oxygen atoms in total. The van der Waals surface area contributed by atoms with Crippen molar-refractivity contribution in [2.45, 2.75) is 80.4 Å². The largest absolute Gasteiger partial charge is 0.474 e. The average molecular weight is 482 g/mol. The number of rotatable bonds is 7. The van der Waals surface area contributed by atoms with E-state index in [1.54, 1.807) is 11.8 Å². The van der Waals surface area contributed by atoms with Gasteiger partial charge in [0.1, 0.15) is 4.90 Å². The number of ether oxygens (including phenoxy) is 1. The molecule has 178 valence electrons. The van der Waals surface area contributed by atoms with Crippen LogP contribution in [0.3, 0.4) is 0 Å². The van der Waals surface area contributed by atoms with E-state index >= 15 is 0 Å². The van der Waals surface area contributed by atoms with Crippen LogP contribution < -0.4 is 15.4 Å². The number of carbonyl (C=O) groups excluding carboxylic acids is 1. The smallest absolute Gasteiger partial charge is 0.291 e. The van der Waals surface area contributed by atoms with Crippen LogP contribution in [0.25, 0.3) is 0 Å². The molecule has 6 aliphatic rings. The second kappa shape index (κ2) is 9.75. The van der Waals surface area contributed by atoms with Crippen molar-refractivity contribution in [1.82, 2.24) is 15.8 Å². The minimum atomic E-state index is -0.0801. The maximum Gasteiger partial charge on any atom is 0.291 e. The fraction of sp³-hybridized carbons (Fsp3) is 0.833. The number of carbonyl (C=O) groups is 1. The van der Waals surface area contributed by atoms with Crippen molar-refractivity contribution < 1.29 is 14.1 Å². The van der Waals surface area contributed by atoms with Crippen LogP contribution in [0.1, 0.15) is 74.8 Å². The Bertz CT molecular complexity index is 780. The van der Waals surface area contributed by atoms with Crippen LogP contribution in [0, 0.1) is 29.6 Å². The van der Waals surface area contributed by atoms with Crippen molar-refractivity contribution in [1.29, 1.82) is 0 Å². The Labute approximate surface area is 201 Å². The van der Waals surface area contributed by atoms with Gasteiger partial charge in [-0.1, -0.05) is 6.42 Å². The first-order valence-corrected chi connectivity index (χ1v) is 13.4. The molecule has 1 aliphatic heterocycles. The zero-order valence-electron chi connectivity index (χ0n) is 18.7. The Morgan fingerprint density at radius 1 is 1.06 bits per heavy atom. The number of nitrogens with one attached hydrogen (secondary N) is 2. The van der Waals surface area contributed by atoms with Gasteiger partial charge in [-0.3, -0.25) is 4.79 Å². The molecule has 6 fully saturated rings. The summed E-state index contributed by atoms with van der Waals surface area (Å²) in [5, 5.41) is 11.6. The standard InChI is InChI=1S/C24H35N3O3S.ClH/c28-23(26-20-17-9-15-8-16(11-17)12-18(20)10-15)21-22(31-19-2-1-3-19)24(27-30-21)29-13-14-4-6-25-7-5-14;/h14-20,25H,1-13H2,(H,26,28);1H.